The van der Waals surface area contributed by atoms with Gasteiger partial charge in [-0.15, -0.1) is 12.4 Å². The number of rotatable bonds is 4. The largest absolute Gasteiger partial charge is 0.339 e. The van der Waals surface area contributed by atoms with Crippen LogP contribution in [-0.4, -0.2) is 36.5 Å². The van der Waals surface area contributed by atoms with Crippen molar-refractivity contribution in [3.63, 3.8) is 0 Å². The first-order valence-corrected chi connectivity index (χ1v) is 8.81. The predicted molar refractivity (Wildman–Crippen MR) is 97.1 cm³/mol. The summed E-state index contributed by atoms with van der Waals surface area (Å²) in [4.78, 5) is 14.7. The van der Waals surface area contributed by atoms with Gasteiger partial charge in [-0.25, -0.2) is 0 Å². The lowest BCUT2D eigenvalue weighted by atomic mass is 9.92. The molecule has 1 aromatic rings. The van der Waals surface area contributed by atoms with E-state index in [1.165, 1.54) is 18.4 Å². The van der Waals surface area contributed by atoms with Crippen LogP contribution in [0.3, 0.4) is 0 Å². The first kappa shape index (κ1) is 18.3. The fraction of sp³-hybridized carbons (Fsp3) is 0.632. The minimum absolute atomic E-state index is 0. The molecule has 2 aliphatic rings. The predicted octanol–water partition coefficient (Wildman–Crippen LogP) is 3.59. The van der Waals surface area contributed by atoms with E-state index in [1.54, 1.807) is 0 Å². The van der Waals surface area contributed by atoms with Gasteiger partial charge in [0.25, 0.3) is 0 Å². The van der Waals surface area contributed by atoms with Crippen LogP contribution < -0.4 is 5.32 Å². The molecule has 3 rings (SSSR count). The number of carbonyl (C=O) groups is 1. The lowest BCUT2D eigenvalue weighted by Gasteiger charge is -2.27. The van der Waals surface area contributed by atoms with E-state index in [1.807, 2.05) is 0 Å². The molecule has 0 aliphatic carbocycles. The van der Waals surface area contributed by atoms with Gasteiger partial charge >= 0.3 is 0 Å². The maximum absolute atomic E-state index is 12.6. The van der Waals surface area contributed by atoms with Crippen molar-refractivity contribution in [2.45, 2.75) is 51.0 Å². The third-order valence-electron chi connectivity index (χ3n) is 5.53. The quantitative estimate of drug-likeness (QED) is 0.911. The normalized spacial score (nSPS) is 25.2. The van der Waals surface area contributed by atoms with Gasteiger partial charge in [0.05, 0.1) is 0 Å². The first-order valence-electron chi connectivity index (χ1n) is 8.81. The Hall–Kier alpha value is -1.06. The monoisotopic (exact) mass is 336 g/mol. The summed E-state index contributed by atoms with van der Waals surface area (Å²) in [6.45, 7) is 5.38. The molecule has 1 amide bonds. The lowest BCUT2D eigenvalue weighted by Crippen LogP contribution is -2.36. The summed E-state index contributed by atoms with van der Waals surface area (Å²) in [5.74, 6) is 1.61. The molecule has 2 atom stereocenters. The second-order valence-electron chi connectivity index (χ2n) is 6.87. The number of carbonyl (C=O) groups excluding carboxylic acids is 1. The summed E-state index contributed by atoms with van der Waals surface area (Å²) in [5.41, 5.74) is 1.38. The van der Waals surface area contributed by atoms with Gasteiger partial charge in [0.1, 0.15) is 0 Å². The number of hydrogen-bond donors (Lipinski definition) is 1. The van der Waals surface area contributed by atoms with E-state index in [0.29, 0.717) is 17.9 Å². The molecule has 23 heavy (non-hydrogen) atoms. The molecule has 3 nitrogen and oxygen atoms in total. The van der Waals surface area contributed by atoms with Gasteiger partial charge in [-0.3, -0.25) is 4.79 Å². The van der Waals surface area contributed by atoms with Crippen LogP contribution in [0.1, 0.15) is 50.5 Å². The summed E-state index contributed by atoms with van der Waals surface area (Å²) in [5, 5.41) is 3.39. The zero-order valence-electron chi connectivity index (χ0n) is 14.0. The van der Waals surface area contributed by atoms with Crippen LogP contribution in [0.2, 0.25) is 0 Å². The highest BCUT2D eigenvalue weighted by Crippen LogP contribution is 2.33. The first-order chi connectivity index (χ1) is 10.8. The minimum atomic E-state index is 0. The number of benzene rings is 1. The van der Waals surface area contributed by atoms with Crippen molar-refractivity contribution >= 4 is 18.3 Å². The molecule has 0 saturated carbocycles. The summed E-state index contributed by atoms with van der Waals surface area (Å²) in [6, 6.07) is 11.0. The summed E-state index contributed by atoms with van der Waals surface area (Å²) in [7, 11) is 0. The van der Waals surface area contributed by atoms with E-state index in [9.17, 15) is 4.79 Å². The van der Waals surface area contributed by atoms with Crippen LogP contribution in [0.5, 0.6) is 0 Å². The Morgan fingerprint density at radius 2 is 1.87 bits per heavy atom. The SMILES string of the molecule is CC1C(c2ccccc2)CCN1C(=O)CCC1CCNCC1.Cl. The summed E-state index contributed by atoms with van der Waals surface area (Å²) in [6.07, 6.45) is 5.37. The van der Waals surface area contributed by atoms with Crippen molar-refractivity contribution in [1.82, 2.24) is 10.2 Å². The molecular formula is C19H29ClN2O. The Balaban J connectivity index is 0.00000192. The van der Waals surface area contributed by atoms with E-state index in [0.717, 1.165) is 44.8 Å². The Bertz CT molecular complexity index is 487. The lowest BCUT2D eigenvalue weighted by molar-refractivity contribution is -0.132. The maximum atomic E-state index is 12.6. The van der Waals surface area contributed by atoms with Gasteiger partial charge in [0, 0.05) is 24.9 Å². The second-order valence-corrected chi connectivity index (χ2v) is 6.87. The summed E-state index contributed by atoms with van der Waals surface area (Å²) >= 11 is 0. The van der Waals surface area contributed by atoms with Crippen LogP contribution in [0.4, 0.5) is 0 Å². The highest BCUT2D eigenvalue weighted by Gasteiger charge is 2.34. The number of hydrogen-bond acceptors (Lipinski definition) is 2. The van der Waals surface area contributed by atoms with Crippen molar-refractivity contribution in [2.24, 2.45) is 5.92 Å². The average Bonchev–Trinajstić information content (AvgIpc) is 2.96. The zero-order valence-corrected chi connectivity index (χ0v) is 14.9. The molecular weight excluding hydrogens is 308 g/mol. The van der Waals surface area contributed by atoms with Gasteiger partial charge < -0.3 is 10.2 Å². The van der Waals surface area contributed by atoms with Crippen LogP contribution in [-0.2, 0) is 4.79 Å². The minimum Gasteiger partial charge on any atom is -0.339 e. The highest BCUT2D eigenvalue weighted by atomic mass is 35.5. The third-order valence-corrected chi connectivity index (χ3v) is 5.53. The molecule has 2 unspecified atom stereocenters. The van der Waals surface area contributed by atoms with Crippen molar-refractivity contribution in [1.29, 1.82) is 0 Å². The average molecular weight is 337 g/mol. The van der Waals surface area contributed by atoms with Gasteiger partial charge in [0.15, 0.2) is 0 Å². The van der Waals surface area contributed by atoms with Crippen LogP contribution in [0.25, 0.3) is 0 Å². The number of halogens is 1. The molecule has 2 fully saturated rings. The Morgan fingerprint density at radius 3 is 2.57 bits per heavy atom. The molecule has 0 bridgehead atoms. The van der Waals surface area contributed by atoms with Gasteiger partial charge in [-0.2, -0.15) is 0 Å². The highest BCUT2D eigenvalue weighted by molar-refractivity contribution is 5.85. The van der Waals surface area contributed by atoms with Gasteiger partial charge in [0.2, 0.25) is 5.91 Å². The molecule has 0 aromatic heterocycles. The molecule has 1 aromatic carbocycles. The summed E-state index contributed by atoms with van der Waals surface area (Å²) < 4.78 is 0. The Kier molecular flexibility index (Phi) is 6.91. The smallest absolute Gasteiger partial charge is 0.222 e. The molecule has 128 valence electrons. The topological polar surface area (TPSA) is 32.3 Å². The number of amides is 1. The number of piperidine rings is 1. The molecule has 2 heterocycles. The van der Waals surface area contributed by atoms with Crippen molar-refractivity contribution in [3.05, 3.63) is 35.9 Å². The van der Waals surface area contributed by atoms with Crippen LogP contribution in [0.15, 0.2) is 30.3 Å². The standard InChI is InChI=1S/C19H28N2O.ClH/c1-15-18(17-5-3-2-4-6-17)11-14-21(15)19(22)8-7-16-9-12-20-13-10-16;/h2-6,15-16,18,20H,7-14H2,1H3;1H. The van der Waals surface area contributed by atoms with E-state index in [2.05, 4.69) is 47.5 Å². The third kappa shape index (κ3) is 4.48. The van der Waals surface area contributed by atoms with E-state index in [-0.39, 0.29) is 12.4 Å². The van der Waals surface area contributed by atoms with E-state index >= 15 is 0 Å². The van der Waals surface area contributed by atoms with E-state index in [4.69, 9.17) is 0 Å². The maximum Gasteiger partial charge on any atom is 0.222 e. The molecule has 2 aliphatic heterocycles. The van der Waals surface area contributed by atoms with Crippen molar-refractivity contribution in [3.8, 4) is 0 Å². The van der Waals surface area contributed by atoms with Crippen molar-refractivity contribution in [2.75, 3.05) is 19.6 Å². The molecule has 4 heteroatoms. The molecule has 0 spiro atoms. The zero-order chi connectivity index (χ0) is 15.4. The number of nitrogens with zero attached hydrogens (tertiary/aromatic N) is 1. The second kappa shape index (κ2) is 8.70. The van der Waals surface area contributed by atoms with Crippen LogP contribution in [0, 0.1) is 5.92 Å². The van der Waals surface area contributed by atoms with Gasteiger partial charge in [-0.05, 0) is 57.2 Å². The Morgan fingerprint density at radius 1 is 1.17 bits per heavy atom. The van der Waals surface area contributed by atoms with Crippen molar-refractivity contribution < 1.29 is 4.79 Å². The Labute approximate surface area is 146 Å². The molecule has 2 saturated heterocycles. The van der Waals surface area contributed by atoms with Gasteiger partial charge in [-0.1, -0.05) is 30.3 Å². The number of nitrogens with one attached hydrogen (secondary N) is 1. The van der Waals surface area contributed by atoms with Crippen LogP contribution >= 0.6 is 12.4 Å². The fourth-order valence-electron chi connectivity index (χ4n) is 4.08. The molecule has 1 N–H and O–H groups in total. The number of likely N-dealkylation sites (tertiary alicyclic amines) is 1. The molecule has 0 radical (unpaired) electrons. The fourth-order valence-corrected chi connectivity index (χ4v) is 4.08. The van der Waals surface area contributed by atoms with E-state index < -0.39 is 0 Å².